The van der Waals surface area contributed by atoms with Crippen molar-refractivity contribution in [2.24, 2.45) is 5.92 Å². The molecule has 0 amide bonds. The molecule has 0 bridgehead atoms. The molecule has 2 aliphatic rings. The number of ether oxygens (including phenoxy) is 2. The Labute approximate surface area is 119 Å². The molecule has 1 aliphatic heterocycles. The van der Waals surface area contributed by atoms with Gasteiger partial charge in [-0.15, -0.1) is 0 Å². The Kier molecular flexibility index (Phi) is 3.17. The van der Waals surface area contributed by atoms with Crippen LogP contribution >= 0.6 is 0 Å². The molecular weight excluding hydrogens is 252 g/mol. The number of fused-ring (bicyclic) bond motifs is 1. The van der Waals surface area contributed by atoms with Crippen molar-refractivity contribution >= 4 is 5.97 Å². The summed E-state index contributed by atoms with van der Waals surface area (Å²) in [6.07, 6.45) is 1.81. The minimum atomic E-state index is -0.295. The number of rotatable bonds is 3. The van der Waals surface area contributed by atoms with Gasteiger partial charge in [0.15, 0.2) is 0 Å². The van der Waals surface area contributed by atoms with E-state index in [2.05, 4.69) is 6.58 Å². The smallest absolute Gasteiger partial charge is 0.338 e. The van der Waals surface area contributed by atoms with Crippen LogP contribution in [-0.4, -0.2) is 23.8 Å². The fourth-order valence-corrected chi connectivity index (χ4v) is 3.02. The van der Waals surface area contributed by atoms with E-state index in [1.165, 1.54) is 0 Å². The van der Waals surface area contributed by atoms with Crippen LogP contribution in [0, 0.1) is 5.92 Å². The van der Waals surface area contributed by atoms with Crippen LogP contribution < -0.4 is 0 Å². The fourth-order valence-electron chi connectivity index (χ4n) is 3.02. The highest BCUT2D eigenvalue weighted by atomic mass is 16.6. The molecule has 1 saturated heterocycles. The third-order valence-electron chi connectivity index (χ3n) is 4.57. The van der Waals surface area contributed by atoms with Crippen molar-refractivity contribution in [3.8, 4) is 0 Å². The predicted octanol–water partition coefficient (Wildman–Crippen LogP) is 3.36. The van der Waals surface area contributed by atoms with Gasteiger partial charge in [0.25, 0.3) is 0 Å². The standard InChI is InChI=1S/C17H20O3/c1-11(2)13-9-14(17(3)15(10-13)20-17)19-16(18)12-7-5-4-6-8-12/h4-8,13-15H,1,9-10H2,2-3H3/t13-,14+,15+,17-/m0/s1. The Hall–Kier alpha value is -1.61. The highest BCUT2D eigenvalue weighted by molar-refractivity contribution is 5.89. The van der Waals surface area contributed by atoms with Gasteiger partial charge in [-0.05, 0) is 44.7 Å². The van der Waals surface area contributed by atoms with E-state index in [-0.39, 0.29) is 23.8 Å². The summed E-state index contributed by atoms with van der Waals surface area (Å²) in [7, 11) is 0. The van der Waals surface area contributed by atoms with Crippen LogP contribution in [0.4, 0.5) is 0 Å². The first-order valence-corrected chi connectivity index (χ1v) is 7.10. The SMILES string of the molecule is C=C(C)[C@H]1C[C@@H](OC(=O)c2ccccc2)[C@]2(C)O[C@@H]2C1. The van der Waals surface area contributed by atoms with Crippen molar-refractivity contribution in [1.29, 1.82) is 0 Å². The molecule has 3 rings (SSSR count). The minimum absolute atomic E-state index is 0.185. The molecule has 20 heavy (non-hydrogen) atoms. The number of epoxide rings is 1. The Balaban J connectivity index is 1.73. The lowest BCUT2D eigenvalue weighted by Crippen LogP contribution is -2.40. The lowest BCUT2D eigenvalue weighted by molar-refractivity contribution is -0.000548. The largest absolute Gasteiger partial charge is 0.456 e. The van der Waals surface area contributed by atoms with Crippen molar-refractivity contribution in [2.45, 2.75) is 44.5 Å². The number of esters is 1. The molecule has 0 radical (unpaired) electrons. The number of hydrogen-bond donors (Lipinski definition) is 0. The van der Waals surface area contributed by atoms with E-state index in [4.69, 9.17) is 9.47 Å². The van der Waals surface area contributed by atoms with Crippen molar-refractivity contribution in [3.05, 3.63) is 48.0 Å². The van der Waals surface area contributed by atoms with Crippen LogP contribution in [0.15, 0.2) is 42.5 Å². The van der Waals surface area contributed by atoms with E-state index < -0.39 is 0 Å². The van der Waals surface area contributed by atoms with E-state index in [0.29, 0.717) is 11.5 Å². The highest BCUT2D eigenvalue weighted by Crippen LogP contribution is 2.51. The number of benzene rings is 1. The van der Waals surface area contributed by atoms with Gasteiger partial charge >= 0.3 is 5.97 Å². The highest BCUT2D eigenvalue weighted by Gasteiger charge is 2.63. The van der Waals surface area contributed by atoms with Gasteiger partial charge in [0.05, 0.1) is 11.7 Å². The normalized spacial score (nSPS) is 35.0. The summed E-state index contributed by atoms with van der Waals surface area (Å²) in [5, 5.41) is 0. The first kappa shape index (κ1) is 13.4. The second-order valence-electron chi connectivity index (χ2n) is 6.06. The van der Waals surface area contributed by atoms with E-state index in [9.17, 15) is 4.79 Å². The van der Waals surface area contributed by atoms with Crippen molar-refractivity contribution in [3.63, 3.8) is 0 Å². The maximum atomic E-state index is 12.2. The van der Waals surface area contributed by atoms with Gasteiger partial charge in [0, 0.05) is 0 Å². The zero-order valence-electron chi connectivity index (χ0n) is 12.0. The first-order chi connectivity index (χ1) is 9.50. The second-order valence-corrected chi connectivity index (χ2v) is 6.06. The molecule has 0 aromatic heterocycles. The molecule has 1 aliphatic carbocycles. The summed E-state index contributed by atoms with van der Waals surface area (Å²) in [5.74, 6) is 0.109. The van der Waals surface area contributed by atoms with Crippen LogP contribution in [0.2, 0.25) is 0 Å². The summed E-state index contributed by atoms with van der Waals surface area (Å²) in [5.41, 5.74) is 1.44. The monoisotopic (exact) mass is 272 g/mol. The molecule has 2 fully saturated rings. The lowest BCUT2D eigenvalue weighted by Gasteiger charge is -2.30. The van der Waals surface area contributed by atoms with Crippen LogP contribution in [0.25, 0.3) is 0 Å². The van der Waals surface area contributed by atoms with Crippen LogP contribution in [-0.2, 0) is 9.47 Å². The summed E-state index contributed by atoms with van der Waals surface area (Å²) in [4.78, 5) is 12.2. The average Bonchev–Trinajstić information content (AvgIpc) is 3.11. The molecule has 3 nitrogen and oxygen atoms in total. The fraction of sp³-hybridized carbons (Fsp3) is 0.471. The van der Waals surface area contributed by atoms with E-state index in [1.807, 2.05) is 32.0 Å². The Morgan fingerprint density at radius 2 is 2.05 bits per heavy atom. The third-order valence-corrected chi connectivity index (χ3v) is 4.57. The lowest BCUT2D eigenvalue weighted by atomic mass is 9.78. The van der Waals surface area contributed by atoms with E-state index in [0.717, 1.165) is 18.4 Å². The van der Waals surface area contributed by atoms with Gasteiger partial charge in [-0.25, -0.2) is 4.79 Å². The summed E-state index contributed by atoms with van der Waals surface area (Å²) < 4.78 is 11.5. The van der Waals surface area contributed by atoms with Crippen molar-refractivity contribution < 1.29 is 14.3 Å². The number of carbonyl (C=O) groups excluding carboxylic acids is 1. The summed E-state index contributed by atoms with van der Waals surface area (Å²) >= 11 is 0. The summed E-state index contributed by atoms with van der Waals surface area (Å²) in [6.45, 7) is 8.10. The average molecular weight is 272 g/mol. The quantitative estimate of drug-likeness (QED) is 0.481. The van der Waals surface area contributed by atoms with Crippen molar-refractivity contribution in [1.82, 2.24) is 0 Å². The molecule has 0 N–H and O–H groups in total. The van der Waals surface area contributed by atoms with Crippen LogP contribution in [0.1, 0.15) is 37.0 Å². The number of carbonyl (C=O) groups is 1. The van der Waals surface area contributed by atoms with Crippen LogP contribution in [0.3, 0.4) is 0 Å². The molecule has 0 unspecified atom stereocenters. The molecule has 3 heteroatoms. The van der Waals surface area contributed by atoms with Gasteiger partial charge in [-0.2, -0.15) is 0 Å². The molecule has 1 aromatic carbocycles. The maximum absolute atomic E-state index is 12.2. The molecule has 4 atom stereocenters. The minimum Gasteiger partial charge on any atom is -0.456 e. The predicted molar refractivity (Wildman–Crippen MR) is 76.5 cm³/mol. The zero-order valence-corrected chi connectivity index (χ0v) is 12.0. The first-order valence-electron chi connectivity index (χ1n) is 7.10. The topological polar surface area (TPSA) is 38.8 Å². The van der Waals surface area contributed by atoms with Gasteiger partial charge in [-0.3, -0.25) is 0 Å². The Morgan fingerprint density at radius 1 is 1.35 bits per heavy atom. The van der Waals surface area contributed by atoms with Crippen LogP contribution in [0.5, 0.6) is 0 Å². The maximum Gasteiger partial charge on any atom is 0.338 e. The van der Waals surface area contributed by atoms with Gasteiger partial charge in [0.2, 0.25) is 0 Å². The van der Waals surface area contributed by atoms with Gasteiger partial charge in [0.1, 0.15) is 11.7 Å². The summed E-state index contributed by atoms with van der Waals surface area (Å²) in [6, 6.07) is 9.11. The third kappa shape index (κ3) is 2.27. The molecular formula is C17H20O3. The Morgan fingerprint density at radius 3 is 2.70 bits per heavy atom. The number of allylic oxidation sites excluding steroid dienone is 1. The zero-order chi connectivity index (χ0) is 14.3. The molecule has 1 aromatic rings. The molecule has 0 spiro atoms. The Bertz CT molecular complexity index is 536. The molecule has 106 valence electrons. The second kappa shape index (κ2) is 4.74. The van der Waals surface area contributed by atoms with Crippen molar-refractivity contribution in [2.75, 3.05) is 0 Å². The van der Waals surface area contributed by atoms with Gasteiger partial charge < -0.3 is 9.47 Å². The molecule has 1 heterocycles. The van der Waals surface area contributed by atoms with E-state index >= 15 is 0 Å². The molecule has 1 saturated carbocycles. The van der Waals surface area contributed by atoms with Gasteiger partial charge in [-0.1, -0.05) is 30.4 Å². The number of hydrogen-bond acceptors (Lipinski definition) is 3. The van der Waals surface area contributed by atoms with E-state index in [1.54, 1.807) is 12.1 Å².